The molecule has 0 spiro atoms. The Labute approximate surface area is 125 Å². The van der Waals surface area contributed by atoms with E-state index < -0.39 is 6.10 Å². The van der Waals surface area contributed by atoms with E-state index in [1.807, 2.05) is 0 Å². The van der Waals surface area contributed by atoms with Gasteiger partial charge in [0.2, 0.25) is 0 Å². The lowest BCUT2D eigenvalue weighted by Gasteiger charge is -2.14. The summed E-state index contributed by atoms with van der Waals surface area (Å²) in [4.78, 5) is 11.6. The number of nitrogens with one attached hydrogen (secondary N) is 2. The van der Waals surface area contributed by atoms with E-state index in [2.05, 4.69) is 10.6 Å². The molecule has 0 bridgehead atoms. The van der Waals surface area contributed by atoms with Gasteiger partial charge in [0.25, 0.3) is 0 Å². The van der Waals surface area contributed by atoms with Crippen molar-refractivity contribution in [2.75, 3.05) is 13.1 Å². The van der Waals surface area contributed by atoms with E-state index >= 15 is 0 Å². The molecule has 116 valence electrons. The molecule has 0 saturated heterocycles. The summed E-state index contributed by atoms with van der Waals surface area (Å²) in [5.74, 6) is 0.857. The van der Waals surface area contributed by atoms with Gasteiger partial charge in [0.15, 0.2) is 0 Å². The number of amides is 2. The van der Waals surface area contributed by atoms with Gasteiger partial charge in [-0.1, -0.05) is 37.8 Å². The largest absolute Gasteiger partial charge is 0.508 e. The molecule has 0 aromatic heterocycles. The normalized spacial score (nSPS) is 16.6. The minimum absolute atomic E-state index is 0.104. The molecule has 1 aliphatic carbocycles. The highest BCUT2D eigenvalue weighted by atomic mass is 16.3. The standard InChI is InChI=1S/C16H24N2O3/c19-14-7-3-6-13(10-14)15(20)11-18-16(21)17-9-8-12-4-1-2-5-12/h3,6-7,10,12,15,19-20H,1-2,4-5,8-9,11H2,(H2,17,18,21)/t15-/m0/s1. The van der Waals surface area contributed by atoms with Crippen LogP contribution in [0.2, 0.25) is 0 Å². The van der Waals surface area contributed by atoms with E-state index in [-0.39, 0.29) is 18.3 Å². The highest BCUT2D eigenvalue weighted by molar-refractivity contribution is 5.73. The summed E-state index contributed by atoms with van der Waals surface area (Å²) in [7, 11) is 0. The molecule has 1 aromatic carbocycles. The molecule has 0 unspecified atom stereocenters. The molecule has 1 aliphatic rings. The van der Waals surface area contributed by atoms with Crippen LogP contribution in [0.4, 0.5) is 4.79 Å². The van der Waals surface area contributed by atoms with Crippen molar-refractivity contribution >= 4 is 6.03 Å². The molecule has 5 nitrogen and oxygen atoms in total. The summed E-state index contributed by atoms with van der Waals surface area (Å²) in [6.45, 7) is 0.803. The molecule has 0 radical (unpaired) electrons. The zero-order chi connectivity index (χ0) is 15.1. The Morgan fingerprint density at radius 3 is 2.76 bits per heavy atom. The van der Waals surface area contributed by atoms with Gasteiger partial charge in [0.05, 0.1) is 6.10 Å². The molecular weight excluding hydrogens is 268 g/mol. The van der Waals surface area contributed by atoms with Crippen LogP contribution in [0.1, 0.15) is 43.8 Å². The van der Waals surface area contributed by atoms with Crippen molar-refractivity contribution in [3.05, 3.63) is 29.8 Å². The smallest absolute Gasteiger partial charge is 0.314 e. The number of hydrogen-bond donors (Lipinski definition) is 4. The molecule has 1 fully saturated rings. The number of rotatable bonds is 6. The Balaban J connectivity index is 1.63. The van der Waals surface area contributed by atoms with Crippen molar-refractivity contribution in [2.24, 2.45) is 5.92 Å². The third-order valence-electron chi connectivity index (χ3n) is 4.02. The van der Waals surface area contributed by atoms with Crippen LogP contribution in [0.25, 0.3) is 0 Å². The van der Waals surface area contributed by atoms with Crippen LogP contribution in [0.3, 0.4) is 0 Å². The van der Waals surface area contributed by atoms with Crippen LogP contribution in [0, 0.1) is 5.92 Å². The predicted molar refractivity (Wildman–Crippen MR) is 81.0 cm³/mol. The Kier molecular flexibility index (Phi) is 5.87. The summed E-state index contributed by atoms with van der Waals surface area (Å²) in [5, 5.41) is 24.7. The van der Waals surface area contributed by atoms with Crippen LogP contribution in [0.5, 0.6) is 5.75 Å². The van der Waals surface area contributed by atoms with Crippen LogP contribution < -0.4 is 10.6 Å². The van der Waals surface area contributed by atoms with Crippen molar-refractivity contribution < 1.29 is 15.0 Å². The minimum atomic E-state index is -0.822. The topological polar surface area (TPSA) is 81.6 Å². The summed E-state index contributed by atoms with van der Waals surface area (Å²) >= 11 is 0. The van der Waals surface area contributed by atoms with Gasteiger partial charge in [-0.2, -0.15) is 0 Å². The molecule has 2 amide bonds. The van der Waals surface area contributed by atoms with E-state index in [4.69, 9.17) is 0 Å². The minimum Gasteiger partial charge on any atom is -0.508 e. The number of phenols is 1. The first-order valence-electron chi connectivity index (χ1n) is 7.64. The van der Waals surface area contributed by atoms with Gasteiger partial charge < -0.3 is 20.8 Å². The Morgan fingerprint density at radius 1 is 1.29 bits per heavy atom. The van der Waals surface area contributed by atoms with E-state index in [9.17, 15) is 15.0 Å². The monoisotopic (exact) mass is 292 g/mol. The second-order valence-electron chi connectivity index (χ2n) is 5.69. The van der Waals surface area contributed by atoms with Gasteiger partial charge in [0, 0.05) is 13.1 Å². The van der Waals surface area contributed by atoms with Crippen molar-refractivity contribution in [2.45, 2.75) is 38.2 Å². The Hall–Kier alpha value is -1.75. The van der Waals surface area contributed by atoms with Gasteiger partial charge in [-0.15, -0.1) is 0 Å². The van der Waals surface area contributed by atoms with Crippen LogP contribution >= 0.6 is 0 Å². The molecule has 4 N–H and O–H groups in total. The van der Waals surface area contributed by atoms with E-state index in [0.717, 1.165) is 12.3 Å². The Bertz CT molecular complexity index is 459. The lowest BCUT2D eigenvalue weighted by atomic mass is 10.0. The average molecular weight is 292 g/mol. The van der Waals surface area contributed by atoms with Gasteiger partial charge in [-0.05, 0) is 30.0 Å². The highest BCUT2D eigenvalue weighted by Gasteiger charge is 2.15. The number of carbonyl (C=O) groups is 1. The summed E-state index contributed by atoms with van der Waals surface area (Å²) in [6, 6.07) is 6.15. The fourth-order valence-corrected chi connectivity index (χ4v) is 2.79. The number of aliphatic hydroxyl groups is 1. The lowest BCUT2D eigenvalue weighted by Crippen LogP contribution is -2.38. The fourth-order valence-electron chi connectivity index (χ4n) is 2.79. The Morgan fingerprint density at radius 2 is 2.05 bits per heavy atom. The molecule has 1 atom stereocenters. The summed E-state index contributed by atoms with van der Waals surface area (Å²) in [5.41, 5.74) is 0.584. The number of urea groups is 1. The summed E-state index contributed by atoms with van der Waals surface area (Å²) in [6.07, 6.45) is 5.39. The zero-order valence-electron chi connectivity index (χ0n) is 12.2. The first-order valence-corrected chi connectivity index (χ1v) is 7.64. The first-order chi connectivity index (χ1) is 10.1. The quantitative estimate of drug-likeness (QED) is 0.649. The van der Waals surface area contributed by atoms with Crippen LogP contribution in [-0.2, 0) is 0 Å². The van der Waals surface area contributed by atoms with E-state index in [1.54, 1.807) is 18.2 Å². The average Bonchev–Trinajstić information content (AvgIpc) is 2.98. The predicted octanol–water partition coefficient (Wildman–Crippen LogP) is 2.31. The third kappa shape index (κ3) is 5.27. The van der Waals surface area contributed by atoms with Gasteiger partial charge in [0.1, 0.15) is 5.75 Å². The number of benzene rings is 1. The van der Waals surface area contributed by atoms with Gasteiger partial charge in [-0.3, -0.25) is 0 Å². The number of aromatic hydroxyl groups is 1. The molecule has 1 aromatic rings. The van der Waals surface area contributed by atoms with E-state index in [0.29, 0.717) is 12.1 Å². The number of aliphatic hydroxyl groups excluding tert-OH is 1. The fraction of sp³-hybridized carbons (Fsp3) is 0.562. The van der Waals surface area contributed by atoms with Crippen molar-refractivity contribution in [1.82, 2.24) is 10.6 Å². The molecule has 2 rings (SSSR count). The van der Waals surface area contributed by atoms with Gasteiger partial charge in [-0.25, -0.2) is 4.79 Å². The summed E-state index contributed by atoms with van der Waals surface area (Å²) < 4.78 is 0. The van der Waals surface area contributed by atoms with Crippen LogP contribution in [0.15, 0.2) is 24.3 Å². The maximum atomic E-state index is 11.6. The molecular formula is C16H24N2O3. The second kappa shape index (κ2) is 7.88. The highest BCUT2D eigenvalue weighted by Crippen LogP contribution is 2.26. The van der Waals surface area contributed by atoms with Crippen molar-refractivity contribution in [1.29, 1.82) is 0 Å². The molecule has 0 heterocycles. The lowest BCUT2D eigenvalue weighted by molar-refractivity contribution is 0.172. The zero-order valence-corrected chi connectivity index (χ0v) is 12.2. The number of hydrogen-bond acceptors (Lipinski definition) is 3. The maximum Gasteiger partial charge on any atom is 0.314 e. The number of phenolic OH excluding ortho intramolecular Hbond substituents is 1. The SMILES string of the molecule is O=C(NCCC1CCCC1)NC[C@H](O)c1cccc(O)c1. The molecule has 1 saturated carbocycles. The molecule has 0 aliphatic heterocycles. The molecule has 5 heteroatoms. The van der Waals surface area contributed by atoms with Crippen molar-refractivity contribution in [3.63, 3.8) is 0 Å². The van der Waals surface area contributed by atoms with E-state index in [1.165, 1.54) is 31.7 Å². The first kappa shape index (κ1) is 15.6. The van der Waals surface area contributed by atoms with Crippen LogP contribution in [-0.4, -0.2) is 29.3 Å². The maximum absolute atomic E-state index is 11.6. The van der Waals surface area contributed by atoms with Crippen molar-refractivity contribution in [3.8, 4) is 5.75 Å². The second-order valence-corrected chi connectivity index (χ2v) is 5.69. The third-order valence-corrected chi connectivity index (χ3v) is 4.02. The van der Waals surface area contributed by atoms with Gasteiger partial charge >= 0.3 is 6.03 Å². The molecule has 21 heavy (non-hydrogen) atoms. The number of carbonyl (C=O) groups excluding carboxylic acids is 1.